The second-order valence-corrected chi connectivity index (χ2v) is 6.21. The van der Waals surface area contributed by atoms with Crippen molar-refractivity contribution < 1.29 is 9.59 Å². The van der Waals surface area contributed by atoms with Gasteiger partial charge in [0.2, 0.25) is 11.8 Å². The number of anilines is 1. The summed E-state index contributed by atoms with van der Waals surface area (Å²) < 4.78 is 0. The van der Waals surface area contributed by atoms with Crippen LogP contribution in [0.25, 0.3) is 0 Å². The molecule has 0 spiro atoms. The van der Waals surface area contributed by atoms with Gasteiger partial charge in [0, 0.05) is 12.2 Å². The standard InChI is InChI=1S/C17H23N3O2/c1-12(2)8-9-19-15(21)17(3,4)16(22)20-14-7-5-6-13(10-14)11-18/h5-7,10,12H,8-9H2,1-4H3,(H,19,21)(H,20,22). The highest BCUT2D eigenvalue weighted by molar-refractivity contribution is 6.09. The van der Waals surface area contributed by atoms with Crippen molar-refractivity contribution in [2.24, 2.45) is 11.3 Å². The van der Waals surface area contributed by atoms with E-state index in [9.17, 15) is 9.59 Å². The van der Waals surface area contributed by atoms with Gasteiger partial charge in [-0.2, -0.15) is 5.26 Å². The molecule has 0 radical (unpaired) electrons. The van der Waals surface area contributed by atoms with Crippen molar-refractivity contribution in [3.05, 3.63) is 29.8 Å². The SMILES string of the molecule is CC(C)CCNC(=O)C(C)(C)C(=O)Nc1cccc(C#N)c1. The fourth-order valence-corrected chi connectivity index (χ4v) is 1.75. The molecule has 2 amide bonds. The molecule has 0 bridgehead atoms. The molecule has 1 aromatic carbocycles. The Kier molecular flexibility index (Phi) is 6.11. The molecule has 0 fully saturated rings. The second-order valence-electron chi connectivity index (χ2n) is 6.21. The average Bonchev–Trinajstić information content (AvgIpc) is 2.46. The first-order chi connectivity index (χ1) is 10.3. The Balaban J connectivity index is 2.69. The number of amides is 2. The molecule has 5 heteroatoms. The van der Waals surface area contributed by atoms with Crippen LogP contribution in [0.2, 0.25) is 0 Å². The van der Waals surface area contributed by atoms with Crippen molar-refractivity contribution in [1.82, 2.24) is 5.32 Å². The van der Waals surface area contributed by atoms with Crippen molar-refractivity contribution in [2.75, 3.05) is 11.9 Å². The van der Waals surface area contributed by atoms with Crippen LogP contribution < -0.4 is 10.6 Å². The van der Waals surface area contributed by atoms with Crippen LogP contribution in [0.5, 0.6) is 0 Å². The third kappa shape index (κ3) is 4.88. The van der Waals surface area contributed by atoms with Gasteiger partial charge in [-0.15, -0.1) is 0 Å². The van der Waals surface area contributed by atoms with E-state index in [4.69, 9.17) is 5.26 Å². The molecule has 5 nitrogen and oxygen atoms in total. The Hall–Kier alpha value is -2.35. The summed E-state index contributed by atoms with van der Waals surface area (Å²) in [6, 6.07) is 8.61. The maximum Gasteiger partial charge on any atom is 0.239 e. The highest BCUT2D eigenvalue weighted by atomic mass is 16.2. The van der Waals surface area contributed by atoms with Crippen molar-refractivity contribution in [3.8, 4) is 6.07 Å². The Morgan fingerprint density at radius 3 is 2.55 bits per heavy atom. The Bertz CT molecular complexity index is 586. The molecule has 0 aliphatic heterocycles. The van der Waals surface area contributed by atoms with Crippen molar-refractivity contribution >= 4 is 17.5 Å². The predicted molar refractivity (Wildman–Crippen MR) is 86.0 cm³/mol. The van der Waals surface area contributed by atoms with E-state index in [1.165, 1.54) is 0 Å². The lowest BCUT2D eigenvalue weighted by atomic mass is 9.90. The molecule has 0 atom stereocenters. The Morgan fingerprint density at radius 1 is 1.27 bits per heavy atom. The highest BCUT2D eigenvalue weighted by Gasteiger charge is 2.35. The number of benzene rings is 1. The molecule has 0 saturated heterocycles. The number of nitrogens with zero attached hydrogens (tertiary/aromatic N) is 1. The van der Waals surface area contributed by atoms with Crippen molar-refractivity contribution in [2.45, 2.75) is 34.1 Å². The molecule has 0 aliphatic rings. The topological polar surface area (TPSA) is 82.0 Å². The number of hydrogen-bond acceptors (Lipinski definition) is 3. The predicted octanol–water partition coefficient (Wildman–Crippen LogP) is 2.69. The molecule has 0 unspecified atom stereocenters. The lowest BCUT2D eigenvalue weighted by Gasteiger charge is -2.23. The van der Waals surface area contributed by atoms with Crippen LogP contribution in [-0.4, -0.2) is 18.4 Å². The zero-order valence-corrected chi connectivity index (χ0v) is 13.6. The summed E-state index contributed by atoms with van der Waals surface area (Å²) >= 11 is 0. The third-order valence-electron chi connectivity index (χ3n) is 3.39. The summed E-state index contributed by atoms with van der Waals surface area (Å²) in [5.41, 5.74) is -0.219. The van der Waals surface area contributed by atoms with Gasteiger partial charge in [-0.25, -0.2) is 0 Å². The molecular formula is C17H23N3O2. The fourth-order valence-electron chi connectivity index (χ4n) is 1.75. The van der Waals surface area contributed by atoms with Gasteiger partial charge in [0.1, 0.15) is 5.41 Å². The lowest BCUT2D eigenvalue weighted by Crippen LogP contribution is -2.45. The first-order valence-electron chi connectivity index (χ1n) is 7.37. The van der Waals surface area contributed by atoms with E-state index >= 15 is 0 Å². The molecule has 0 aliphatic carbocycles. The van der Waals surface area contributed by atoms with E-state index in [1.807, 2.05) is 6.07 Å². The number of carbonyl (C=O) groups excluding carboxylic acids is 2. The summed E-state index contributed by atoms with van der Waals surface area (Å²) in [4.78, 5) is 24.5. The average molecular weight is 301 g/mol. The van der Waals surface area contributed by atoms with Crippen molar-refractivity contribution in [3.63, 3.8) is 0 Å². The smallest absolute Gasteiger partial charge is 0.239 e. The summed E-state index contributed by atoms with van der Waals surface area (Å²) in [5.74, 6) is -0.210. The number of carbonyl (C=O) groups is 2. The largest absolute Gasteiger partial charge is 0.355 e. The minimum Gasteiger partial charge on any atom is -0.355 e. The Morgan fingerprint density at radius 2 is 1.95 bits per heavy atom. The van der Waals surface area contributed by atoms with Crippen LogP contribution in [-0.2, 0) is 9.59 Å². The number of nitrogens with one attached hydrogen (secondary N) is 2. The summed E-state index contributed by atoms with van der Waals surface area (Å²) in [6.07, 6.45) is 0.869. The van der Waals surface area contributed by atoms with Crippen molar-refractivity contribution in [1.29, 1.82) is 5.26 Å². The van der Waals surface area contributed by atoms with Crippen LogP contribution in [0.1, 0.15) is 39.7 Å². The van der Waals surface area contributed by atoms with Crippen LogP contribution in [0, 0.1) is 22.7 Å². The van der Waals surface area contributed by atoms with E-state index in [1.54, 1.807) is 38.1 Å². The highest BCUT2D eigenvalue weighted by Crippen LogP contribution is 2.19. The summed E-state index contributed by atoms with van der Waals surface area (Å²) in [7, 11) is 0. The van der Waals surface area contributed by atoms with E-state index in [0.29, 0.717) is 23.7 Å². The zero-order valence-electron chi connectivity index (χ0n) is 13.6. The molecule has 0 saturated carbocycles. The maximum atomic E-state index is 12.3. The van der Waals surface area contributed by atoms with Crippen LogP contribution in [0.4, 0.5) is 5.69 Å². The minimum absolute atomic E-state index is 0.304. The van der Waals surface area contributed by atoms with Gasteiger partial charge in [-0.1, -0.05) is 19.9 Å². The van der Waals surface area contributed by atoms with Gasteiger partial charge in [0.25, 0.3) is 0 Å². The monoisotopic (exact) mass is 301 g/mol. The fraction of sp³-hybridized carbons (Fsp3) is 0.471. The molecule has 0 aromatic heterocycles. The van der Waals surface area contributed by atoms with Crippen LogP contribution in [0.3, 0.4) is 0 Å². The first-order valence-corrected chi connectivity index (χ1v) is 7.37. The lowest BCUT2D eigenvalue weighted by molar-refractivity contribution is -0.138. The molecule has 118 valence electrons. The molecule has 2 N–H and O–H groups in total. The van der Waals surface area contributed by atoms with E-state index < -0.39 is 11.3 Å². The normalized spacial score (nSPS) is 10.9. The summed E-state index contributed by atoms with van der Waals surface area (Å²) in [5, 5.41) is 14.3. The van der Waals surface area contributed by atoms with Crippen LogP contribution >= 0.6 is 0 Å². The quantitative estimate of drug-likeness (QED) is 0.792. The molecule has 1 aromatic rings. The number of hydrogen-bond donors (Lipinski definition) is 2. The van der Waals surface area contributed by atoms with E-state index in [2.05, 4.69) is 24.5 Å². The van der Waals surface area contributed by atoms with E-state index in [0.717, 1.165) is 6.42 Å². The van der Waals surface area contributed by atoms with E-state index in [-0.39, 0.29) is 5.91 Å². The third-order valence-corrected chi connectivity index (χ3v) is 3.39. The Labute approximate surface area is 131 Å². The van der Waals surface area contributed by atoms with Gasteiger partial charge in [-0.05, 0) is 44.4 Å². The van der Waals surface area contributed by atoms with Gasteiger partial charge < -0.3 is 10.6 Å². The molecule has 0 heterocycles. The minimum atomic E-state index is -1.18. The van der Waals surface area contributed by atoms with Gasteiger partial charge in [0.15, 0.2) is 0 Å². The maximum absolute atomic E-state index is 12.3. The van der Waals surface area contributed by atoms with Gasteiger partial charge in [-0.3, -0.25) is 9.59 Å². The van der Waals surface area contributed by atoms with Gasteiger partial charge >= 0.3 is 0 Å². The summed E-state index contributed by atoms with van der Waals surface area (Å²) in [6.45, 7) is 7.87. The van der Waals surface area contributed by atoms with Crippen LogP contribution in [0.15, 0.2) is 24.3 Å². The number of rotatable bonds is 6. The first kappa shape index (κ1) is 17.7. The zero-order chi connectivity index (χ0) is 16.8. The molecule has 1 rings (SSSR count). The van der Waals surface area contributed by atoms with Gasteiger partial charge in [0.05, 0.1) is 11.6 Å². The molecular weight excluding hydrogens is 278 g/mol. The number of nitriles is 1. The second kappa shape index (κ2) is 7.60. The molecule has 22 heavy (non-hydrogen) atoms.